The molecule has 1 aromatic rings. The highest BCUT2D eigenvalue weighted by atomic mass is 32.1. The summed E-state index contributed by atoms with van der Waals surface area (Å²) in [5.41, 5.74) is 6.97. The summed E-state index contributed by atoms with van der Waals surface area (Å²) in [5.74, 6) is -0.504. The quantitative estimate of drug-likeness (QED) is 0.815. The van der Waals surface area contributed by atoms with Gasteiger partial charge in [0.15, 0.2) is 0 Å². The van der Waals surface area contributed by atoms with Crippen molar-refractivity contribution in [3.8, 4) is 0 Å². The fourth-order valence-corrected chi connectivity index (χ4v) is 3.31. The molecule has 0 saturated heterocycles. The van der Waals surface area contributed by atoms with Crippen LogP contribution in [0.2, 0.25) is 0 Å². The van der Waals surface area contributed by atoms with Gasteiger partial charge in [0.1, 0.15) is 0 Å². The smallest absolute Gasteiger partial charge is 0.310 e. The van der Waals surface area contributed by atoms with Gasteiger partial charge in [-0.1, -0.05) is 12.8 Å². The molecule has 1 amide bonds. The van der Waals surface area contributed by atoms with Gasteiger partial charge in [-0.15, -0.1) is 11.3 Å². The first kappa shape index (κ1) is 14.8. The van der Waals surface area contributed by atoms with Crippen LogP contribution in [0.4, 0.5) is 5.00 Å². The predicted octanol–water partition coefficient (Wildman–Crippen LogP) is 2.11. The highest BCUT2D eigenvalue weighted by Gasteiger charge is 2.23. The highest BCUT2D eigenvalue weighted by molar-refractivity contribution is 7.14. The summed E-state index contributed by atoms with van der Waals surface area (Å²) in [6, 6.07) is 0.234. The Kier molecular flexibility index (Phi) is 5.00. The van der Waals surface area contributed by atoms with Gasteiger partial charge in [-0.05, 0) is 30.7 Å². The van der Waals surface area contributed by atoms with E-state index in [1.54, 1.807) is 12.3 Å². The molecule has 0 bridgehead atoms. The Morgan fingerprint density at radius 1 is 1.45 bits per heavy atom. The van der Waals surface area contributed by atoms with Gasteiger partial charge in [0, 0.05) is 6.04 Å². The summed E-state index contributed by atoms with van der Waals surface area (Å²) in [5, 5.41) is 5.22. The number of hydrogen-bond acceptors (Lipinski definition) is 5. The molecule has 3 N–H and O–H groups in total. The number of nitrogens with one attached hydrogen (secondary N) is 1. The van der Waals surface area contributed by atoms with Crippen molar-refractivity contribution in [1.29, 1.82) is 0 Å². The first-order valence-corrected chi connectivity index (χ1v) is 7.82. The lowest BCUT2D eigenvalue weighted by molar-refractivity contribution is -0.142. The van der Waals surface area contributed by atoms with Crippen LogP contribution < -0.4 is 11.1 Å². The van der Waals surface area contributed by atoms with E-state index in [1.165, 1.54) is 11.3 Å². The molecule has 6 heteroatoms. The lowest BCUT2D eigenvalue weighted by Crippen LogP contribution is -2.33. The van der Waals surface area contributed by atoms with Gasteiger partial charge in [-0.25, -0.2) is 0 Å². The Labute approximate surface area is 122 Å². The van der Waals surface area contributed by atoms with Crippen molar-refractivity contribution in [2.45, 2.75) is 45.1 Å². The molecule has 1 aromatic heterocycles. The van der Waals surface area contributed by atoms with Crippen LogP contribution in [-0.4, -0.2) is 24.5 Å². The van der Waals surface area contributed by atoms with Crippen LogP contribution in [-0.2, 0) is 16.0 Å². The van der Waals surface area contributed by atoms with E-state index in [1.807, 2.05) is 0 Å². The minimum atomic E-state index is -0.333. The zero-order valence-corrected chi connectivity index (χ0v) is 12.4. The number of carbonyl (C=O) groups is 2. The summed E-state index contributed by atoms with van der Waals surface area (Å²) in [4.78, 5) is 23.9. The highest BCUT2D eigenvalue weighted by Crippen LogP contribution is 2.27. The number of thiophene rings is 1. The Morgan fingerprint density at radius 2 is 2.15 bits per heavy atom. The van der Waals surface area contributed by atoms with Crippen LogP contribution in [0.25, 0.3) is 0 Å². The third-order valence-electron chi connectivity index (χ3n) is 3.45. The van der Waals surface area contributed by atoms with Gasteiger partial charge in [0.25, 0.3) is 5.91 Å². The largest absolute Gasteiger partial charge is 0.466 e. The number of nitrogen functional groups attached to an aromatic ring is 1. The van der Waals surface area contributed by atoms with Crippen LogP contribution in [0.15, 0.2) is 5.38 Å². The second-order valence-electron chi connectivity index (χ2n) is 4.94. The molecule has 110 valence electrons. The average Bonchev–Trinajstić information content (AvgIpc) is 3.00. The van der Waals surface area contributed by atoms with Crippen molar-refractivity contribution >= 4 is 28.2 Å². The molecule has 0 radical (unpaired) electrons. The van der Waals surface area contributed by atoms with E-state index in [-0.39, 0.29) is 24.3 Å². The van der Waals surface area contributed by atoms with Gasteiger partial charge in [0.2, 0.25) is 0 Å². The lowest BCUT2D eigenvalue weighted by Gasteiger charge is -2.12. The number of hydrogen-bond donors (Lipinski definition) is 2. The number of nitrogens with two attached hydrogens (primary N) is 1. The normalized spacial score (nSPS) is 15.2. The molecule has 5 nitrogen and oxygen atoms in total. The number of ether oxygens (including phenoxy) is 1. The van der Waals surface area contributed by atoms with Gasteiger partial charge in [-0.3, -0.25) is 9.59 Å². The van der Waals surface area contributed by atoms with E-state index in [0.717, 1.165) is 25.7 Å². The molecule has 1 saturated carbocycles. The maximum Gasteiger partial charge on any atom is 0.310 e. The minimum absolute atomic E-state index is 0.0922. The molecule has 1 aliphatic rings. The van der Waals surface area contributed by atoms with Gasteiger partial charge < -0.3 is 15.8 Å². The average molecular weight is 296 g/mol. The van der Waals surface area contributed by atoms with E-state index in [2.05, 4.69) is 5.32 Å². The van der Waals surface area contributed by atoms with Crippen molar-refractivity contribution in [3.05, 3.63) is 16.5 Å². The molecule has 1 fully saturated rings. The lowest BCUT2D eigenvalue weighted by atomic mass is 10.1. The summed E-state index contributed by atoms with van der Waals surface area (Å²) in [7, 11) is 0. The summed E-state index contributed by atoms with van der Waals surface area (Å²) >= 11 is 1.29. The van der Waals surface area contributed by atoms with Gasteiger partial charge in [0.05, 0.1) is 23.6 Å². The maximum absolute atomic E-state index is 12.3. The molecule has 1 aliphatic carbocycles. The molecule has 2 rings (SSSR count). The van der Waals surface area contributed by atoms with E-state index in [9.17, 15) is 9.59 Å². The fraction of sp³-hybridized carbons (Fsp3) is 0.571. The van der Waals surface area contributed by atoms with E-state index < -0.39 is 0 Å². The van der Waals surface area contributed by atoms with E-state index in [0.29, 0.717) is 22.7 Å². The maximum atomic E-state index is 12.3. The monoisotopic (exact) mass is 296 g/mol. The summed E-state index contributed by atoms with van der Waals surface area (Å²) in [6.45, 7) is 2.09. The zero-order valence-electron chi connectivity index (χ0n) is 11.6. The molecule has 0 unspecified atom stereocenters. The Morgan fingerprint density at radius 3 is 2.80 bits per heavy atom. The van der Waals surface area contributed by atoms with Crippen LogP contribution in [0.5, 0.6) is 0 Å². The van der Waals surface area contributed by atoms with Crippen molar-refractivity contribution < 1.29 is 14.3 Å². The van der Waals surface area contributed by atoms with Crippen LogP contribution in [0, 0.1) is 0 Å². The molecule has 0 atom stereocenters. The van der Waals surface area contributed by atoms with Gasteiger partial charge in [-0.2, -0.15) is 0 Å². The standard InChI is InChI=1S/C14H20N2O3S/c1-2-19-11(17)7-9-8-20-13(15)12(9)14(18)16-10-5-3-4-6-10/h8,10H,2-7,15H2,1H3,(H,16,18). The third-order valence-corrected chi connectivity index (χ3v) is 4.31. The number of esters is 1. The second kappa shape index (κ2) is 6.74. The molecule has 1 heterocycles. The second-order valence-corrected chi connectivity index (χ2v) is 5.85. The van der Waals surface area contributed by atoms with Crippen LogP contribution >= 0.6 is 11.3 Å². The summed E-state index contributed by atoms with van der Waals surface area (Å²) < 4.78 is 4.92. The molecule has 20 heavy (non-hydrogen) atoms. The first-order valence-electron chi connectivity index (χ1n) is 6.94. The van der Waals surface area contributed by atoms with Crippen molar-refractivity contribution in [1.82, 2.24) is 5.32 Å². The van der Waals surface area contributed by atoms with Crippen LogP contribution in [0.1, 0.15) is 48.5 Å². The Balaban J connectivity index is 2.07. The van der Waals surface area contributed by atoms with E-state index in [4.69, 9.17) is 10.5 Å². The van der Waals surface area contributed by atoms with E-state index >= 15 is 0 Å². The number of amides is 1. The predicted molar refractivity (Wildman–Crippen MR) is 78.8 cm³/mol. The molecule has 0 aliphatic heterocycles. The number of carbonyl (C=O) groups excluding carboxylic acids is 2. The molecule has 0 spiro atoms. The van der Waals surface area contributed by atoms with Crippen molar-refractivity contribution in [2.24, 2.45) is 0 Å². The Hall–Kier alpha value is -1.56. The zero-order chi connectivity index (χ0) is 14.5. The topological polar surface area (TPSA) is 81.4 Å². The first-order chi connectivity index (χ1) is 9.61. The molecule has 0 aromatic carbocycles. The Bertz CT molecular complexity index is 493. The number of rotatable bonds is 5. The van der Waals surface area contributed by atoms with Crippen molar-refractivity contribution in [2.75, 3.05) is 12.3 Å². The molecular formula is C14H20N2O3S. The summed E-state index contributed by atoms with van der Waals surface area (Å²) in [6.07, 6.45) is 4.43. The fourth-order valence-electron chi connectivity index (χ4n) is 2.49. The minimum Gasteiger partial charge on any atom is -0.466 e. The van der Waals surface area contributed by atoms with Gasteiger partial charge >= 0.3 is 5.97 Å². The van der Waals surface area contributed by atoms with Crippen LogP contribution in [0.3, 0.4) is 0 Å². The SMILES string of the molecule is CCOC(=O)Cc1csc(N)c1C(=O)NC1CCCC1. The molecular weight excluding hydrogens is 276 g/mol. The third kappa shape index (κ3) is 3.50. The van der Waals surface area contributed by atoms with Crippen molar-refractivity contribution in [3.63, 3.8) is 0 Å². The number of anilines is 1.